The summed E-state index contributed by atoms with van der Waals surface area (Å²) in [4.78, 5) is 21.8. The maximum Gasteiger partial charge on any atom is 0.226 e. The lowest BCUT2D eigenvalue weighted by Crippen LogP contribution is -2.36. The zero-order valence-corrected chi connectivity index (χ0v) is 16.2. The minimum Gasteiger partial charge on any atom is -0.328 e. The third-order valence-electron chi connectivity index (χ3n) is 5.47. The summed E-state index contributed by atoms with van der Waals surface area (Å²) in [5, 5.41) is 7.95. The molecule has 1 aliphatic heterocycles. The first-order valence-electron chi connectivity index (χ1n) is 9.58. The summed E-state index contributed by atoms with van der Waals surface area (Å²) in [5.41, 5.74) is 2.44. The highest BCUT2D eigenvalue weighted by molar-refractivity contribution is 6.00. The molecule has 2 aliphatic rings. The van der Waals surface area contributed by atoms with Crippen LogP contribution < -0.4 is 5.32 Å². The van der Waals surface area contributed by atoms with Gasteiger partial charge in [0.2, 0.25) is 5.95 Å². The number of nitrogens with zero attached hydrogens (tertiary/aromatic N) is 4. The van der Waals surface area contributed by atoms with Crippen LogP contribution in [0.3, 0.4) is 0 Å². The van der Waals surface area contributed by atoms with Gasteiger partial charge in [-0.15, -0.1) is 5.10 Å². The lowest BCUT2D eigenvalue weighted by atomic mass is 9.73. The highest BCUT2D eigenvalue weighted by Crippen LogP contribution is 2.46. The molecule has 3 aromatic rings. The molecule has 1 unspecified atom stereocenters. The van der Waals surface area contributed by atoms with Gasteiger partial charge < -0.3 is 5.32 Å². The highest BCUT2D eigenvalue weighted by atomic mass is 19.1. The fourth-order valence-corrected chi connectivity index (χ4v) is 4.22. The Bertz CT molecular complexity index is 1150. The molecule has 2 aromatic heterocycles. The first-order valence-corrected chi connectivity index (χ1v) is 9.58. The number of hydrogen-bond donors (Lipinski definition) is 1. The number of allylic oxidation sites excluding steroid dienone is 2. The average molecular weight is 389 g/mol. The first kappa shape index (κ1) is 17.7. The standard InChI is InChI=1S/C22H20FN5O/c1-22(2)11-16-18(17(29)12-22)19(14-5-3-4-6-15(14)23)28-21(25-16)26-20(27-28)13-7-9-24-10-8-13/h3-10,19H,11-12H2,1-2H3,(H,25,26,27). The van der Waals surface area contributed by atoms with Crippen LogP contribution >= 0.6 is 0 Å². The third kappa shape index (κ3) is 2.93. The van der Waals surface area contributed by atoms with Crippen molar-refractivity contribution < 1.29 is 9.18 Å². The zero-order valence-electron chi connectivity index (χ0n) is 16.2. The number of hydrogen-bond acceptors (Lipinski definition) is 5. The number of ketones is 1. The van der Waals surface area contributed by atoms with Gasteiger partial charge in [0.05, 0.1) is 0 Å². The highest BCUT2D eigenvalue weighted by Gasteiger charge is 2.42. The number of anilines is 1. The van der Waals surface area contributed by atoms with Crippen LogP contribution in [0.1, 0.15) is 38.3 Å². The lowest BCUT2D eigenvalue weighted by molar-refractivity contribution is -0.118. The summed E-state index contributed by atoms with van der Waals surface area (Å²) >= 11 is 0. The second-order valence-electron chi connectivity index (χ2n) is 8.32. The van der Waals surface area contributed by atoms with Gasteiger partial charge >= 0.3 is 0 Å². The van der Waals surface area contributed by atoms with Crippen molar-refractivity contribution in [2.45, 2.75) is 32.7 Å². The summed E-state index contributed by atoms with van der Waals surface area (Å²) in [6, 6.07) is 9.54. The van der Waals surface area contributed by atoms with Crippen LogP contribution in [0.5, 0.6) is 0 Å². The number of Topliss-reactive ketones (excluding diaryl/α,β-unsaturated/α-hetero) is 1. The van der Waals surface area contributed by atoms with Crippen molar-refractivity contribution in [3.05, 3.63) is 71.4 Å². The Morgan fingerprint density at radius 1 is 1.14 bits per heavy atom. The Morgan fingerprint density at radius 3 is 2.66 bits per heavy atom. The molecule has 1 aliphatic carbocycles. The van der Waals surface area contributed by atoms with Gasteiger partial charge in [0, 0.05) is 41.2 Å². The summed E-state index contributed by atoms with van der Waals surface area (Å²) < 4.78 is 16.4. The van der Waals surface area contributed by atoms with Crippen molar-refractivity contribution in [1.29, 1.82) is 0 Å². The van der Waals surface area contributed by atoms with E-state index >= 15 is 0 Å². The molecule has 0 amide bonds. The molecular formula is C22H20FN5O. The number of fused-ring (bicyclic) bond motifs is 1. The quantitative estimate of drug-likeness (QED) is 0.713. The van der Waals surface area contributed by atoms with E-state index in [9.17, 15) is 9.18 Å². The summed E-state index contributed by atoms with van der Waals surface area (Å²) in [6.45, 7) is 4.13. The van der Waals surface area contributed by atoms with Gasteiger partial charge in [-0.1, -0.05) is 32.0 Å². The number of pyridine rings is 1. The molecule has 0 saturated heterocycles. The number of halogens is 1. The zero-order chi connectivity index (χ0) is 20.2. The molecule has 146 valence electrons. The van der Waals surface area contributed by atoms with Crippen LogP contribution in [0.2, 0.25) is 0 Å². The molecule has 1 aromatic carbocycles. The number of nitrogens with one attached hydrogen (secondary N) is 1. The molecule has 7 heteroatoms. The normalized spacial score (nSPS) is 20.1. The predicted octanol–water partition coefficient (Wildman–Crippen LogP) is 4.14. The van der Waals surface area contributed by atoms with E-state index in [1.807, 2.05) is 12.1 Å². The maximum absolute atomic E-state index is 14.8. The smallest absolute Gasteiger partial charge is 0.226 e. The first-order chi connectivity index (χ1) is 13.9. The average Bonchev–Trinajstić information content (AvgIpc) is 3.10. The maximum atomic E-state index is 14.8. The predicted molar refractivity (Wildman–Crippen MR) is 106 cm³/mol. The van der Waals surface area contributed by atoms with Crippen LogP contribution in [-0.4, -0.2) is 25.5 Å². The molecule has 5 rings (SSSR count). The van der Waals surface area contributed by atoms with Crippen molar-refractivity contribution in [2.75, 3.05) is 5.32 Å². The minimum absolute atomic E-state index is 0.0172. The van der Waals surface area contributed by atoms with Crippen LogP contribution in [-0.2, 0) is 4.79 Å². The number of benzene rings is 1. The van der Waals surface area contributed by atoms with Gasteiger partial charge in [-0.05, 0) is 30.0 Å². The summed E-state index contributed by atoms with van der Waals surface area (Å²) in [5.74, 6) is 0.663. The minimum atomic E-state index is -0.644. The van der Waals surface area contributed by atoms with Crippen molar-refractivity contribution in [3.8, 4) is 11.4 Å². The monoisotopic (exact) mass is 389 g/mol. The van der Waals surface area contributed by atoms with E-state index in [0.29, 0.717) is 35.8 Å². The molecule has 1 N–H and O–H groups in total. The van der Waals surface area contributed by atoms with Crippen LogP contribution in [0.4, 0.5) is 10.3 Å². The Kier molecular flexibility index (Phi) is 3.87. The number of carbonyl (C=O) groups excluding carboxylic acids is 1. The molecule has 0 radical (unpaired) electrons. The molecule has 3 heterocycles. The number of aromatic nitrogens is 4. The molecule has 0 spiro atoms. The van der Waals surface area contributed by atoms with Gasteiger partial charge in [-0.3, -0.25) is 9.78 Å². The lowest BCUT2D eigenvalue weighted by Gasteiger charge is -2.38. The van der Waals surface area contributed by atoms with Gasteiger partial charge in [-0.25, -0.2) is 9.07 Å². The third-order valence-corrected chi connectivity index (χ3v) is 5.47. The Morgan fingerprint density at radius 2 is 1.90 bits per heavy atom. The van der Waals surface area contributed by atoms with Crippen LogP contribution in [0.15, 0.2) is 60.1 Å². The van der Waals surface area contributed by atoms with E-state index in [1.165, 1.54) is 6.07 Å². The SMILES string of the molecule is CC1(C)CC(=O)C2=C(C1)Nc1nc(-c3ccncc3)nn1C2c1ccccc1F. The fourth-order valence-electron chi connectivity index (χ4n) is 4.22. The van der Waals surface area contributed by atoms with E-state index < -0.39 is 6.04 Å². The van der Waals surface area contributed by atoms with Crippen molar-refractivity contribution >= 4 is 11.7 Å². The molecule has 29 heavy (non-hydrogen) atoms. The van der Waals surface area contributed by atoms with Gasteiger partial charge in [-0.2, -0.15) is 4.98 Å². The van der Waals surface area contributed by atoms with Crippen molar-refractivity contribution in [2.24, 2.45) is 5.41 Å². The molecule has 1 atom stereocenters. The summed E-state index contributed by atoms with van der Waals surface area (Å²) in [7, 11) is 0. The largest absolute Gasteiger partial charge is 0.328 e. The van der Waals surface area contributed by atoms with Crippen molar-refractivity contribution in [1.82, 2.24) is 19.7 Å². The number of carbonyl (C=O) groups is 1. The molecular weight excluding hydrogens is 369 g/mol. The Labute approximate surface area is 167 Å². The van der Waals surface area contributed by atoms with E-state index in [-0.39, 0.29) is 17.0 Å². The Hall–Kier alpha value is -3.35. The molecule has 0 bridgehead atoms. The molecule has 6 nitrogen and oxygen atoms in total. The van der Waals surface area contributed by atoms with Crippen LogP contribution in [0, 0.1) is 11.2 Å². The topological polar surface area (TPSA) is 72.7 Å². The van der Waals surface area contributed by atoms with E-state index in [0.717, 1.165) is 11.3 Å². The Balaban J connectivity index is 1.71. The second kappa shape index (κ2) is 6.34. The molecule has 0 fully saturated rings. The second-order valence-corrected chi connectivity index (χ2v) is 8.32. The number of rotatable bonds is 2. The van der Waals surface area contributed by atoms with Gasteiger partial charge in [0.15, 0.2) is 11.6 Å². The van der Waals surface area contributed by atoms with E-state index in [1.54, 1.807) is 35.3 Å². The van der Waals surface area contributed by atoms with Crippen molar-refractivity contribution in [3.63, 3.8) is 0 Å². The fraction of sp³-hybridized carbons (Fsp3) is 0.273. The van der Waals surface area contributed by atoms with Gasteiger partial charge in [0.25, 0.3) is 0 Å². The van der Waals surface area contributed by atoms with Gasteiger partial charge in [0.1, 0.15) is 11.9 Å². The molecule has 0 saturated carbocycles. The van der Waals surface area contributed by atoms with E-state index in [4.69, 9.17) is 0 Å². The summed E-state index contributed by atoms with van der Waals surface area (Å²) in [6.07, 6.45) is 4.45. The van der Waals surface area contributed by atoms with Crippen LogP contribution in [0.25, 0.3) is 11.4 Å². The van der Waals surface area contributed by atoms with E-state index in [2.05, 4.69) is 34.2 Å².